The van der Waals surface area contributed by atoms with Crippen LogP contribution in [0.5, 0.6) is 0 Å². The number of benzene rings is 1. The van der Waals surface area contributed by atoms with Crippen LogP contribution in [0.3, 0.4) is 0 Å². The minimum atomic E-state index is -3.40. The molecule has 0 radical (unpaired) electrons. The highest BCUT2D eigenvalue weighted by molar-refractivity contribution is 7.89. The summed E-state index contributed by atoms with van der Waals surface area (Å²) in [6.45, 7) is 1.59. The third-order valence-corrected chi connectivity index (χ3v) is 7.03. The molecule has 1 aliphatic rings. The summed E-state index contributed by atoms with van der Waals surface area (Å²) in [5.74, 6) is 0.264. The van der Waals surface area contributed by atoms with E-state index in [1.54, 1.807) is 34.6 Å². The van der Waals surface area contributed by atoms with Crippen LogP contribution in [0.25, 0.3) is 0 Å². The lowest BCUT2D eigenvalue weighted by Crippen LogP contribution is -2.41. The van der Waals surface area contributed by atoms with E-state index in [-0.39, 0.29) is 5.91 Å². The number of thiophene rings is 1. The molecule has 1 aromatic heterocycles. The number of carbonyl (C=O) groups excluding carboxylic acids is 1. The molecule has 2 aromatic rings. The van der Waals surface area contributed by atoms with Crippen molar-refractivity contribution in [2.75, 3.05) is 19.6 Å². The number of hydrogen-bond donors (Lipinski definition) is 1. The molecule has 3 rings (SSSR count). The molecule has 1 aromatic carbocycles. The van der Waals surface area contributed by atoms with Crippen LogP contribution in [0.4, 0.5) is 0 Å². The second-order valence-electron chi connectivity index (χ2n) is 5.85. The van der Waals surface area contributed by atoms with Gasteiger partial charge in [0.05, 0.1) is 9.77 Å². The van der Waals surface area contributed by atoms with E-state index in [1.165, 1.54) is 11.3 Å². The third-order valence-electron chi connectivity index (χ3n) is 4.25. The molecular weight excluding hydrogens is 344 g/mol. The lowest BCUT2D eigenvalue weighted by molar-refractivity contribution is 0.0945. The van der Waals surface area contributed by atoms with Crippen molar-refractivity contribution in [2.45, 2.75) is 17.7 Å². The van der Waals surface area contributed by atoms with Crippen LogP contribution in [0.2, 0.25) is 0 Å². The first-order chi connectivity index (χ1) is 11.6. The average molecular weight is 364 g/mol. The second-order valence-corrected chi connectivity index (χ2v) is 8.73. The predicted octanol–water partition coefficient (Wildman–Crippen LogP) is 2.58. The Morgan fingerprint density at radius 1 is 1.12 bits per heavy atom. The normalized spacial score (nSPS) is 16.8. The number of rotatable bonds is 5. The molecule has 1 fully saturated rings. The number of piperidine rings is 1. The monoisotopic (exact) mass is 364 g/mol. The Labute approximate surface area is 146 Å². The van der Waals surface area contributed by atoms with Crippen molar-refractivity contribution in [1.82, 2.24) is 9.62 Å². The highest BCUT2D eigenvalue weighted by Gasteiger charge is 2.29. The summed E-state index contributed by atoms with van der Waals surface area (Å²) >= 11 is 1.42. The van der Waals surface area contributed by atoms with E-state index >= 15 is 0 Å². The third kappa shape index (κ3) is 3.85. The van der Waals surface area contributed by atoms with Gasteiger partial charge in [0.25, 0.3) is 5.91 Å². The Hall–Kier alpha value is -1.70. The van der Waals surface area contributed by atoms with E-state index in [4.69, 9.17) is 0 Å². The van der Waals surface area contributed by atoms with Crippen LogP contribution in [0.15, 0.2) is 52.7 Å². The van der Waals surface area contributed by atoms with Gasteiger partial charge in [-0.25, -0.2) is 8.42 Å². The summed E-state index contributed by atoms with van der Waals surface area (Å²) in [6, 6.07) is 12.2. The Bertz CT molecular complexity index is 765. The largest absolute Gasteiger partial charge is 0.351 e. The lowest BCUT2D eigenvalue weighted by atomic mass is 9.98. The van der Waals surface area contributed by atoms with Crippen molar-refractivity contribution in [1.29, 1.82) is 0 Å². The minimum Gasteiger partial charge on any atom is -0.351 e. The fourth-order valence-electron chi connectivity index (χ4n) is 2.83. The Balaban J connectivity index is 1.52. The molecule has 128 valence electrons. The van der Waals surface area contributed by atoms with E-state index in [0.717, 1.165) is 12.8 Å². The standard InChI is InChI=1S/C17H20N2O3S2/c20-17(16-7-4-12-23-16)18-13-14-8-10-19(11-9-14)24(21,22)15-5-2-1-3-6-15/h1-7,12,14H,8-11,13H2,(H,18,20). The summed E-state index contributed by atoms with van der Waals surface area (Å²) in [7, 11) is -3.40. The van der Waals surface area contributed by atoms with Crippen molar-refractivity contribution >= 4 is 27.3 Å². The first-order valence-electron chi connectivity index (χ1n) is 7.94. The summed E-state index contributed by atoms with van der Waals surface area (Å²) < 4.78 is 26.7. The molecule has 5 nitrogen and oxygen atoms in total. The zero-order chi connectivity index (χ0) is 17.0. The van der Waals surface area contributed by atoms with Gasteiger partial charge in [-0.3, -0.25) is 4.79 Å². The van der Waals surface area contributed by atoms with Gasteiger partial charge in [0, 0.05) is 19.6 Å². The molecule has 1 saturated heterocycles. The Morgan fingerprint density at radius 3 is 2.46 bits per heavy atom. The molecule has 0 saturated carbocycles. The fraction of sp³-hybridized carbons (Fsp3) is 0.353. The van der Waals surface area contributed by atoms with Gasteiger partial charge in [-0.05, 0) is 42.3 Å². The molecule has 0 atom stereocenters. The van der Waals surface area contributed by atoms with Crippen LogP contribution in [-0.4, -0.2) is 38.3 Å². The van der Waals surface area contributed by atoms with Gasteiger partial charge >= 0.3 is 0 Å². The number of nitrogens with zero attached hydrogens (tertiary/aromatic N) is 1. The topological polar surface area (TPSA) is 66.5 Å². The predicted molar refractivity (Wildman–Crippen MR) is 94.6 cm³/mol. The molecule has 1 amide bonds. The molecule has 2 heterocycles. The average Bonchev–Trinajstić information content (AvgIpc) is 3.15. The summed E-state index contributed by atoms with van der Waals surface area (Å²) in [4.78, 5) is 13.0. The first kappa shape index (κ1) is 17.1. The van der Waals surface area contributed by atoms with Gasteiger partial charge in [-0.15, -0.1) is 11.3 Å². The molecule has 1 N–H and O–H groups in total. The molecule has 0 bridgehead atoms. The summed E-state index contributed by atoms with van der Waals surface area (Å²) in [5.41, 5.74) is 0. The Kier molecular flexibility index (Phi) is 5.33. The first-order valence-corrected chi connectivity index (χ1v) is 10.3. The van der Waals surface area contributed by atoms with Crippen molar-refractivity contribution in [3.05, 3.63) is 52.7 Å². The van der Waals surface area contributed by atoms with Gasteiger partial charge in [0.1, 0.15) is 0 Å². The number of nitrogens with one attached hydrogen (secondary N) is 1. The van der Waals surface area contributed by atoms with Crippen LogP contribution in [-0.2, 0) is 10.0 Å². The number of hydrogen-bond acceptors (Lipinski definition) is 4. The summed E-state index contributed by atoms with van der Waals surface area (Å²) in [5, 5.41) is 4.82. The molecule has 0 unspecified atom stereocenters. The molecule has 1 aliphatic heterocycles. The molecular formula is C17H20N2O3S2. The van der Waals surface area contributed by atoms with Gasteiger partial charge in [-0.2, -0.15) is 4.31 Å². The highest BCUT2D eigenvalue weighted by atomic mass is 32.2. The molecule has 0 aliphatic carbocycles. The zero-order valence-electron chi connectivity index (χ0n) is 13.2. The smallest absolute Gasteiger partial charge is 0.261 e. The summed E-state index contributed by atoms with van der Waals surface area (Å²) in [6.07, 6.45) is 1.52. The van der Waals surface area contributed by atoms with Crippen molar-refractivity contribution in [3.63, 3.8) is 0 Å². The number of sulfonamides is 1. The van der Waals surface area contributed by atoms with E-state index in [0.29, 0.717) is 35.3 Å². The van der Waals surface area contributed by atoms with Crippen LogP contribution in [0.1, 0.15) is 22.5 Å². The van der Waals surface area contributed by atoms with Gasteiger partial charge < -0.3 is 5.32 Å². The van der Waals surface area contributed by atoms with Crippen molar-refractivity contribution < 1.29 is 13.2 Å². The molecule has 0 spiro atoms. The SMILES string of the molecule is O=C(NCC1CCN(S(=O)(=O)c2ccccc2)CC1)c1cccs1. The maximum Gasteiger partial charge on any atom is 0.261 e. The van der Waals surface area contributed by atoms with Gasteiger partial charge in [0.2, 0.25) is 10.0 Å². The maximum absolute atomic E-state index is 12.6. The quantitative estimate of drug-likeness (QED) is 0.887. The van der Waals surface area contributed by atoms with Crippen LogP contribution >= 0.6 is 11.3 Å². The lowest BCUT2D eigenvalue weighted by Gasteiger charge is -2.31. The van der Waals surface area contributed by atoms with Crippen molar-refractivity contribution in [2.24, 2.45) is 5.92 Å². The maximum atomic E-state index is 12.6. The van der Waals surface area contributed by atoms with Crippen LogP contribution < -0.4 is 5.32 Å². The van der Waals surface area contributed by atoms with Crippen molar-refractivity contribution in [3.8, 4) is 0 Å². The van der Waals surface area contributed by atoms with Gasteiger partial charge in [-0.1, -0.05) is 24.3 Å². The van der Waals surface area contributed by atoms with Crippen LogP contribution in [0, 0.1) is 5.92 Å². The van der Waals surface area contributed by atoms with E-state index in [1.807, 2.05) is 17.5 Å². The Morgan fingerprint density at radius 2 is 1.83 bits per heavy atom. The molecule has 24 heavy (non-hydrogen) atoms. The van der Waals surface area contributed by atoms with E-state index in [9.17, 15) is 13.2 Å². The second kappa shape index (κ2) is 7.46. The minimum absolute atomic E-state index is 0.0515. The fourth-order valence-corrected chi connectivity index (χ4v) is 4.96. The highest BCUT2D eigenvalue weighted by Crippen LogP contribution is 2.23. The number of amides is 1. The zero-order valence-corrected chi connectivity index (χ0v) is 14.9. The van der Waals surface area contributed by atoms with Gasteiger partial charge in [0.15, 0.2) is 0 Å². The van der Waals surface area contributed by atoms with E-state index < -0.39 is 10.0 Å². The van der Waals surface area contributed by atoms with E-state index in [2.05, 4.69) is 5.32 Å². The number of carbonyl (C=O) groups is 1. The molecule has 7 heteroatoms.